The summed E-state index contributed by atoms with van der Waals surface area (Å²) < 4.78 is 35.0. The molecule has 0 saturated heterocycles. The normalized spacial score (nSPS) is 11.1. The zero-order valence-corrected chi connectivity index (χ0v) is 17.6. The molecule has 4 nitrogen and oxygen atoms in total. The molecule has 0 radical (unpaired) electrons. The van der Waals surface area contributed by atoms with Crippen LogP contribution in [-0.4, -0.2) is 18.4 Å². The molecule has 24 heavy (non-hydrogen) atoms. The van der Waals surface area contributed by atoms with Gasteiger partial charge >= 0.3 is 29.6 Å². The molecular formula is C18H23NaO4S. The van der Waals surface area contributed by atoms with Crippen LogP contribution in [0.4, 0.5) is 0 Å². The topological polar surface area (TPSA) is 88.7 Å². The van der Waals surface area contributed by atoms with Crippen molar-refractivity contribution in [2.24, 2.45) is 0 Å². The molecule has 0 amide bonds. The van der Waals surface area contributed by atoms with Gasteiger partial charge in [-0.25, -0.2) is 8.42 Å². The monoisotopic (exact) mass is 358 g/mol. The molecule has 2 N–H and O–H groups in total. The average Bonchev–Trinajstić information content (AvgIpc) is 2.45. The van der Waals surface area contributed by atoms with Crippen LogP contribution >= 0.6 is 0 Å². The first kappa shape index (κ1) is 23.3. The van der Waals surface area contributed by atoms with Crippen molar-refractivity contribution in [3.63, 3.8) is 0 Å². The second kappa shape index (κ2) is 9.13. The summed E-state index contributed by atoms with van der Waals surface area (Å²) in [4.78, 5) is -0.106. The second-order valence-electron chi connectivity index (χ2n) is 6.07. The smallest absolute Gasteiger partial charge is 0.744 e. The van der Waals surface area contributed by atoms with Crippen LogP contribution in [-0.2, 0) is 10.1 Å². The maximum Gasteiger partial charge on any atom is 1.00 e. The van der Waals surface area contributed by atoms with Crippen molar-refractivity contribution >= 4 is 10.1 Å². The summed E-state index contributed by atoms with van der Waals surface area (Å²) in [7, 11) is -4.50. The first-order chi connectivity index (χ1) is 10.2. The van der Waals surface area contributed by atoms with Gasteiger partial charge < -0.3 is 10.0 Å². The molecule has 2 rings (SSSR count). The van der Waals surface area contributed by atoms with E-state index >= 15 is 0 Å². The Kier molecular flexibility index (Phi) is 8.87. The minimum Gasteiger partial charge on any atom is -0.744 e. The molecule has 0 saturated carbocycles. The predicted molar refractivity (Wildman–Crippen MR) is 91.6 cm³/mol. The number of hydrogen-bond acceptors (Lipinski definition) is 3. The van der Waals surface area contributed by atoms with Crippen molar-refractivity contribution in [1.82, 2.24) is 0 Å². The van der Waals surface area contributed by atoms with Gasteiger partial charge in [-0.15, -0.1) is 0 Å². The van der Waals surface area contributed by atoms with E-state index in [4.69, 9.17) is 0 Å². The number of rotatable bonds is 4. The Hall–Kier alpha value is -0.690. The summed E-state index contributed by atoms with van der Waals surface area (Å²) >= 11 is 0. The van der Waals surface area contributed by atoms with Crippen LogP contribution in [0.25, 0.3) is 11.1 Å². The molecule has 0 aromatic heterocycles. The fourth-order valence-electron chi connectivity index (χ4n) is 2.82. The van der Waals surface area contributed by atoms with Crippen molar-refractivity contribution in [1.29, 1.82) is 0 Å². The molecule has 0 spiro atoms. The molecule has 0 aliphatic heterocycles. The summed E-state index contributed by atoms with van der Waals surface area (Å²) in [5, 5.41) is 0. The molecule has 0 unspecified atom stereocenters. The molecule has 126 valence electrons. The zero-order chi connectivity index (χ0) is 16.5. The Morgan fingerprint density at radius 1 is 0.875 bits per heavy atom. The summed E-state index contributed by atoms with van der Waals surface area (Å²) in [5.74, 6) is 0.170. The summed E-state index contributed by atoms with van der Waals surface area (Å²) in [6, 6.07) is 12.9. The van der Waals surface area contributed by atoms with Crippen LogP contribution in [0.2, 0.25) is 0 Å². The fourth-order valence-corrected chi connectivity index (χ4v) is 3.66. The van der Waals surface area contributed by atoms with Crippen molar-refractivity contribution in [2.45, 2.75) is 44.4 Å². The first-order valence-corrected chi connectivity index (χ1v) is 8.82. The third-order valence-corrected chi connectivity index (χ3v) is 4.66. The van der Waals surface area contributed by atoms with Crippen molar-refractivity contribution in [3.05, 3.63) is 53.6 Å². The third-order valence-electron chi connectivity index (χ3n) is 3.77. The van der Waals surface area contributed by atoms with Gasteiger partial charge in [0.25, 0.3) is 0 Å². The van der Waals surface area contributed by atoms with Gasteiger partial charge in [0.05, 0.1) is 4.90 Å². The van der Waals surface area contributed by atoms with Gasteiger partial charge in [0.1, 0.15) is 10.1 Å². The van der Waals surface area contributed by atoms with E-state index in [1.165, 1.54) is 6.07 Å². The molecule has 0 heterocycles. The van der Waals surface area contributed by atoms with Gasteiger partial charge in [-0.1, -0.05) is 64.1 Å². The molecule has 0 aliphatic rings. The average molecular weight is 358 g/mol. The molecule has 0 fully saturated rings. The van der Waals surface area contributed by atoms with Gasteiger partial charge in [-0.3, -0.25) is 0 Å². The molecule has 0 bridgehead atoms. The Balaban J connectivity index is 0.00000264. The Morgan fingerprint density at radius 2 is 1.42 bits per heavy atom. The van der Waals surface area contributed by atoms with E-state index in [-0.39, 0.29) is 51.8 Å². The van der Waals surface area contributed by atoms with E-state index < -0.39 is 10.1 Å². The number of benzene rings is 2. The predicted octanol–water partition coefficient (Wildman–Crippen LogP) is 0.684. The largest absolute Gasteiger partial charge is 1.00 e. The Bertz CT molecular complexity index is 769. The minimum absolute atomic E-state index is 0. The van der Waals surface area contributed by atoms with Crippen LogP contribution in [0.15, 0.2) is 47.4 Å². The van der Waals surface area contributed by atoms with E-state index in [1.807, 2.05) is 44.2 Å². The standard InChI is InChI=1S/C18H22O3S.Na.H2O/c1-12(2)15-10-11-16(22(19,20)21)17(13(3)4)18(15)14-8-6-5-7-9-14;;/h5-13H,1-4H3,(H,19,20,21);;1H2/q;+1;/p-1. The van der Waals surface area contributed by atoms with Gasteiger partial charge in [0.2, 0.25) is 0 Å². The van der Waals surface area contributed by atoms with Crippen molar-refractivity contribution in [3.8, 4) is 11.1 Å². The molecule has 0 atom stereocenters. The zero-order valence-electron chi connectivity index (χ0n) is 14.8. The molecule has 2 aromatic rings. The van der Waals surface area contributed by atoms with Crippen LogP contribution < -0.4 is 29.6 Å². The van der Waals surface area contributed by atoms with E-state index in [2.05, 4.69) is 13.8 Å². The quantitative estimate of drug-likeness (QED) is 0.595. The van der Waals surface area contributed by atoms with E-state index in [0.717, 1.165) is 16.7 Å². The molecular weight excluding hydrogens is 335 g/mol. The maximum absolute atomic E-state index is 11.7. The fraction of sp³-hybridized carbons (Fsp3) is 0.333. The van der Waals surface area contributed by atoms with E-state index in [9.17, 15) is 13.0 Å². The van der Waals surface area contributed by atoms with Crippen molar-refractivity contribution in [2.75, 3.05) is 0 Å². The number of hydrogen-bond donors (Lipinski definition) is 0. The molecule has 2 aromatic carbocycles. The van der Waals surface area contributed by atoms with E-state index in [0.29, 0.717) is 5.56 Å². The molecule has 6 heteroatoms. The first-order valence-electron chi connectivity index (χ1n) is 7.41. The molecule has 0 aliphatic carbocycles. The van der Waals surface area contributed by atoms with Gasteiger partial charge in [0, 0.05) is 0 Å². The SMILES string of the molecule is CC(C)c1ccc(S(=O)(=O)[O-])c(C(C)C)c1-c1ccccc1.O.[Na+]. The minimum atomic E-state index is -4.50. The van der Waals surface area contributed by atoms with Crippen LogP contribution in [0.1, 0.15) is 50.7 Å². The van der Waals surface area contributed by atoms with E-state index in [1.54, 1.807) is 6.07 Å². The van der Waals surface area contributed by atoms with Gasteiger partial charge in [-0.2, -0.15) is 0 Å². The Labute approximate surface area is 166 Å². The summed E-state index contributed by atoms with van der Waals surface area (Å²) in [6.07, 6.45) is 0. The maximum atomic E-state index is 11.7. The third kappa shape index (κ3) is 4.91. The van der Waals surface area contributed by atoms with Crippen LogP contribution in [0.5, 0.6) is 0 Å². The van der Waals surface area contributed by atoms with Gasteiger partial charge in [-0.05, 0) is 40.2 Å². The van der Waals surface area contributed by atoms with Crippen LogP contribution in [0, 0.1) is 0 Å². The van der Waals surface area contributed by atoms with Crippen molar-refractivity contribution < 1.29 is 48.0 Å². The summed E-state index contributed by atoms with van der Waals surface area (Å²) in [5.41, 5.74) is 3.50. The Morgan fingerprint density at radius 3 is 1.83 bits per heavy atom. The van der Waals surface area contributed by atoms with Gasteiger partial charge in [0.15, 0.2) is 0 Å². The van der Waals surface area contributed by atoms with Crippen LogP contribution in [0.3, 0.4) is 0 Å². The summed E-state index contributed by atoms with van der Waals surface area (Å²) in [6.45, 7) is 7.97. The second-order valence-corrected chi connectivity index (χ2v) is 7.42.